The van der Waals surface area contributed by atoms with Crippen LogP contribution < -0.4 is 16.4 Å². The van der Waals surface area contributed by atoms with E-state index in [0.29, 0.717) is 0 Å². The van der Waals surface area contributed by atoms with Gasteiger partial charge in [-0.05, 0) is 6.92 Å². The number of hydrogen-bond acceptors (Lipinski definition) is 5. The lowest BCUT2D eigenvalue weighted by Crippen LogP contribution is -2.42. The lowest BCUT2D eigenvalue weighted by molar-refractivity contribution is -0.139. The Balaban J connectivity index is 2.34. The molecular formula is C9H12N4O2S2. The molecule has 0 aliphatic carbocycles. The van der Waals surface area contributed by atoms with Crippen LogP contribution in [0.15, 0.2) is 5.38 Å². The van der Waals surface area contributed by atoms with Gasteiger partial charge >= 0.3 is 11.8 Å². The van der Waals surface area contributed by atoms with Gasteiger partial charge in [-0.2, -0.15) is 0 Å². The van der Waals surface area contributed by atoms with Gasteiger partial charge in [0.25, 0.3) is 0 Å². The maximum atomic E-state index is 11.3. The molecule has 8 heteroatoms. The van der Waals surface area contributed by atoms with Crippen molar-refractivity contribution in [2.75, 3.05) is 6.54 Å². The maximum absolute atomic E-state index is 11.3. The zero-order chi connectivity index (χ0) is 12.8. The molecule has 0 fully saturated rings. The Morgan fingerprint density at radius 3 is 2.65 bits per heavy atom. The molecule has 0 aliphatic rings. The normalized spacial score (nSPS) is 9.71. The maximum Gasteiger partial charge on any atom is 0.309 e. The molecule has 0 radical (unpaired) electrons. The van der Waals surface area contributed by atoms with Crippen LogP contribution in [-0.4, -0.2) is 28.3 Å². The number of nitrogens with one attached hydrogen (secondary N) is 2. The summed E-state index contributed by atoms with van der Waals surface area (Å²) in [7, 11) is 0. The van der Waals surface area contributed by atoms with Gasteiger partial charge in [-0.1, -0.05) is 12.2 Å². The standard InChI is InChI=1S/C9H12N4O2S2/c1-5-13-6(4-17-5)2-11-8(14)9(15)12-3-7(10)16/h4H,2-3H2,1H3,(H2,10,16)(H,11,14)(H,12,15). The van der Waals surface area contributed by atoms with Gasteiger partial charge in [-0.3, -0.25) is 9.59 Å². The first kappa shape index (κ1) is 13.5. The van der Waals surface area contributed by atoms with E-state index in [9.17, 15) is 9.59 Å². The number of aryl methyl sites for hydroxylation is 1. The zero-order valence-electron chi connectivity index (χ0n) is 9.15. The minimum atomic E-state index is -0.759. The van der Waals surface area contributed by atoms with Crippen LogP contribution in [0.5, 0.6) is 0 Å². The summed E-state index contributed by atoms with van der Waals surface area (Å²) in [5, 5.41) is 7.46. The predicted molar refractivity (Wildman–Crippen MR) is 68.5 cm³/mol. The van der Waals surface area contributed by atoms with E-state index in [1.165, 1.54) is 11.3 Å². The molecule has 1 aromatic heterocycles. The van der Waals surface area contributed by atoms with Crippen molar-refractivity contribution in [3.63, 3.8) is 0 Å². The molecule has 1 rings (SSSR count). The van der Waals surface area contributed by atoms with Crippen LogP contribution in [-0.2, 0) is 16.1 Å². The number of carbonyl (C=O) groups is 2. The van der Waals surface area contributed by atoms with E-state index >= 15 is 0 Å². The number of hydrogen-bond donors (Lipinski definition) is 3. The van der Waals surface area contributed by atoms with Crippen molar-refractivity contribution in [1.29, 1.82) is 0 Å². The molecule has 17 heavy (non-hydrogen) atoms. The average molecular weight is 272 g/mol. The lowest BCUT2D eigenvalue weighted by atomic mass is 10.4. The molecule has 1 heterocycles. The topological polar surface area (TPSA) is 97.1 Å². The van der Waals surface area contributed by atoms with Gasteiger partial charge in [-0.25, -0.2) is 4.98 Å². The summed E-state index contributed by atoms with van der Waals surface area (Å²) in [5.74, 6) is -1.49. The Kier molecular flexibility index (Phi) is 4.98. The number of nitrogens with zero attached hydrogens (tertiary/aromatic N) is 1. The summed E-state index contributed by atoms with van der Waals surface area (Å²) in [6.45, 7) is 2.10. The van der Waals surface area contributed by atoms with Crippen LogP contribution in [0.25, 0.3) is 0 Å². The third kappa shape index (κ3) is 4.87. The van der Waals surface area contributed by atoms with Crippen LogP contribution in [0.1, 0.15) is 10.7 Å². The number of carbonyl (C=O) groups excluding carboxylic acids is 2. The van der Waals surface area contributed by atoms with E-state index in [2.05, 4.69) is 27.8 Å². The SMILES string of the molecule is Cc1nc(CNC(=O)C(=O)NCC(N)=S)cs1. The second-order valence-electron chi connectivity index (χ2n) is 3.19. The second kappa shape index (κ2) is 6.26. The van der Waals surface area contributed by atoms with Gasteiger partial charge < -0.3 is 16.4 Å². The molecule has 0 saturated heterocycles. The Morgan fingerprint density at radius 2 is 2.12 bits per heavy atom. The van der Waals surface area contributed by atoms with Crippen LogP contribution in [0.4, 0.5) is 0 Å². The minimum absolute atomic E-state index is 0.0113. The van der Waals surface area contributed by atoms with Crippen LogP contribution in [0.3, 0.4) is 0 Å². The van der Waals surface area contributed by atoms with Gasteiger partial charge in [-0.15, -0.1) is 11.3 Å². The first-order chi connectivity index (χ1) is 7.99. The molecule has 4 N–H and O–H groups in total. The molecule has 1 aromatic rings. The number of amides is 2. The van der Waals surface area contributed by atoms with Crippen molar-refractivity contribution in [2.24, 2.45) is 5.73 Å². The molecular weight excluding hydrogens is 260 g/mol. The van der Waals surface area contributed by atoms with E-state index in [1.807, 2.05) is 12.3 Å². The third-order valence-corrected chi connectivity index (χ3v) is 2.69. The van der Waals surface area contributed by atoms with Crippen LogP contribution >= 0.6 is 23.6 Å². The van der Waals surface area contributed by atoms with Crippen molar-refractivity contribution < 1.29 is 9.59 Å². The Morgan fingerprint density at radius 1 is 1.47 bits per heavy atom. The molecule has 0 bridgehead atoms. The zero-order valence-corrected chi connectivity index (χ0v) is 10.8. The molecule has 0 spiro atoms. The average Bonchev–Trinajstić information content (AvgIpc) is 2.68. The molecule has 2 amide bonds. The number of aromatic nitrogens is 1. The summed E-state index contributed by atoms with van der Waals surface area (Å²) >= 11 is 6.05. The summed E-state index contributed by atoms with van der Waals surface area (Å²) in [4.78, 5) is 26.8. The van der Waals surface area contributed by atoms with Gasteiger partial charge in [0.1, 0.15) is 0 Å². The molecule has 0 saturated carbocycles. The summed E-state index contributed by atoms with van der Waals surface area (Å²) in [6, 6.07) is 0. The Hall–Kier alpha value is -1.54. The molecule has 6 nitrogen and oxygen atoms in total. The second-order valence-corrected chi connectivity index (χ2v) is 4.78. The van der Waals surface area contributed by atoms with Gasteiger partial charge in [0.05, 0.1) is 28.8 Å². The summed E-state index contributed by atoms with van der Waals surface area (Å²) in [6.07, 6.45) is 0. The van der Waals surface area contributed by atoms with Crippen molar-refractivity contribution in [2.45, 2.75) is 13.5 Å². The van der Waals surface area contributed by atoms with Gasteiger partial charge in [0, 0.05) is 5.38 Å². The van der Waals surface area contributed by atoms with E-state index in [4.69, 9.17) is 5.73 Å². The van der Waals surface area contributed by atoms with Gasteiger partial charge in [0.15, 0.2) is 0 Å². The van der Waals surface area contributed by atoms with Crippen molar-refractivity contribution in [3.05, 3.63) is 16.1 Å². The van der Waals surface area contributed by atoms with E-state index < -0.39 is 11.8 Å². The van der Waals surface area contributed by atoms with Gasteiger partial charge in [0.2, 0.25) is 0 Å². The first-order valence-corrected chi connectivity index (χ1v) is 6.03. The molecule has 92 valence electrons. The van der Waals surface area contributed by atoms with Crippen LogP contribution in [0, 0.1) is 6.92 Å². The first-order valence-electron chi connectivity index (χ1n) is 4.74. The molecule has 0 aromatic carbocycles. The highest BCUT2D eigenvalue weighted by molar-refractivity contribution is 7.80. The largest absolute Gasteiger partial charge is 0.392 e. The smallest absolute Gasteiger partial charge is 0.309 e. The van der Waals surface area contributed by atoms with Crippen molar-refractivity contribution in [1.82, 2.24) is 15.6 Å². The summed E-state index contributed by atoms with van der Waals surface area (Å²) < 4.78 is 0. The number of thiazole rings is 1. The fourth-order valence-electron chi connectivity index (χ4n) is 0.988. The fourth-order valence-corrected chi connectivity index (χ4v) is 1.67. The molecule has 0 atom stereocenters. The number of nitrogens with two attached hydrogens (primary N) is 1. The van der Waals surface area contributed by atoms with E-state index in [-0.39, 0.29) is 18.1 Å². The highest BCUT2D eigenvalue weighted by atomic mass is 32.1. The highest BCUT2D eigenvalue weighted by Crippen LogP contribution is 2.06. The Bertz CT molecular complexity index is 444. The number of rotatable bonds is 4. The van der Waals surface area contributed by atoms with Crippen molar-refractivity contribution in [3.8, 4) is 0 Å². The fraction of sp³-hybridized carbons (Fsp3) is 0.333. The highest BCUT2D eigenvalue weighted by Gasteiger charge is 2.12. The molecule has 0 aliphatic heterocycles. The monoisotopic (exact) mass is 272 g/mol. The van der Waals surface area contributed by atoms with E-state index in [0.717, 1.165) is 10.7 Å². The predicted octanol–water partition coefficient (Wildman–Crippen LogP) is -0.530. The number of thiocarbonyl (C=S) groups is 1. The minimum Gasteiger partial charge on any atom is -0.392 e. The van der Waals surface area contributed by atoms with Crippen LogP contribution in [0.2, 0.25) is 0 Å². The third-order valence-electron chi connectivity index (χ3n) is 1.73. The lowest BCUT2D eigenvalue weighted by Gasteiger charge is -2.04. The van der Waals surface area contributed by atoms with E-state index in [1.54, 1.807) is 0 Å². The Labute approximate surface area is 108 Å². The quantitative estimate of drug-likeness (QED) is 0.506. The summed E-state index contributed by atoms with van der Waals surface area (Å²) in [5.41, 5.74) is 5.91. The molecule has 0 unspecified atom stereocenters. The van der Waals surface area contributed by atoms with Crippen molar-refractivity contribution >= 4 is 40.4 Å².